The van der Waals surface area contributed by atoms with E-state index in [1.165, 1.54) is 48.5 Å². The highest BCUT2D eigenvalue weighted by Gasteiger charge is 2.16. The number of carbonyl (C=O) groups is 4. The number of hydrogen-bond acceptors (Lipinski definition) is 8. The van der Waals surface area contributed by atoms with Crippen LogP contribution in [0.1, 0.15) is 33.6 Å². The first-order valence-corrected chi connectivity index (χ1v) is 13.5. The zero-order valence-electron chi connectivity index (χ0n) is 19.3. The van der Waals surface area contributed by atoms with Crippen LogP contribution in [0.5, 0.6) is 0 Å². The lowest BCUT2D eigenvalue weighted by molar-refractivity contribution is -0.116. The van der Waals surface area contributed by atoms with Gasteiger partial charge in [0.25, 0.3) is 20.2 Å². The molecular weight excluding hydrogens is 540 g/mol. The summed E-state index contributed by atoms with van der Waals surface area (Å²) >= 11 is 0. The molecular formula is C24H20N2O10S2. The molecule has 0 bridgehead atoms. The number of nitrogens with one attached hydrogen (secondary N) is 2. The van der Waals surface area contributed by atoms with Crippen molar-refractivity contribution in [1.29, 1.82) is 0 Å². The summed E-state index contributed by atoms with van der Waals surface area (Å²) < 4.78 is 62.2. The summed E-state index contributed by atoms with van der Waals surface area (Å²) in [5, 5.41) is 4.85. The number of Topliss-reactive ketones (excluding diaryl/α,β-unsaturated/α-hetero) is 2. The SMILES string of the molecule is O=C(CC(=O)c1ccc(C(=O)CC(=O)Nc2ccc(S(=O)(=O)O)cc2)cc1)Nc1ccc(S(=O)(=O)O)cc1. The monoisotopic (exact) mass is 560 g/mol. The number of hydrogen-bond donors (Lipinski definition) is 4. The van der Waals surface area contributed by atoms with Crippen LogP contribution in [0.2, 0.25) is 0 Å². The Labute approximate surface area is 217 Å². The molecule has 0 saturated carbocycles. The average molecular weight is 561 g/mol. The largest absolute Gasteiger partial charge is 0.326 e. The van der Waals surface area contributed by atoms with Gasteiger partial charge in [0.05, 0.1) is 22.6 Å². The third-order valence-electron chi connectivity index (χ3n) is 5.04. The minimum Gasteiger partial charge on any atom is -0.326 e. The molecule has 2 amide bonds. The van der Waals surface area contributed by atoms with E-state index >= 15 is 0 Å². The van der Waals surface area contributed by atoms with Gasteiger partial charge in [-0.25, -0.2) is 0 Å². The van der Waals surface area contributed by atoms with Crippen LogP contribution in [0.25, 0.3) is 0 Å². The predicted molar refractivity (Wildman–Crippen MR) is 134 cm³/mol. The Hall–Kier alpha value is -4.24. The number of ketones is 2. The van der Waals surface area contributed by atoms with Gasteiger partial charge in [0.1, 0.15) is 0 Å². The van der Waals surface area contributed by atoms with Crippen molar-refractivity contribution in [3.8, 4) is 0 Å². The summed E-state index contributed by atoms with van der Waals surface area (Å²) in [6.07, 6.45) is -1.07. The van der Waals surface area contributed by atoms with Crippen LogP contribution in [-0.2, 0) is 29.8 Å². The summed E-state index contributed by atoms with van der Waals surface area (Å²) in [5.41, 5.74) is 0.705. The average Bonchev–Trinajstić information content (AvgIpc) is 2.83. The van der Waals surface area contributed by atoms with Crippen molar-refractivity contribution >= 4 is 55.0 Å². The van der Waals surface area contributed by atoms with Crippen molar-refractivity contribution < 1.29 is 45.1 Å². The highest BCUT2D eigenvalue weighted by Crippen LogP contribution is 2.16. The van der Waals surface area contributed by atoms with Crippen LogP contribution in [0.15, 0.2) is 82.6 Å². The van der Waals surface area contributed by atoms with Gasteiger partial charge in [-0.3, -0.25) is 28.3 Å². The second-order valence-corrected chi connectivity index (χ2v) is 10.7. The smallest absolute Gasteiger partial charge is 0.294 e. The predicted octanol–water partition coefficient (Wildman–Crippen LogP) is 2.60. The molecule has 14 heteroatoms. The van der Waals surface area contributed by atoms with E-state index in [0.29, 0.717) is 0 Å². The third-order valence-corrected chi connectivity index (χ3v) is 6.78. The fourth-order valence-corrected chi connectivity index (χ4v) is 4.13. The maximum Gasteiger partial charge on any atom is 0.294 e. The van der Waals surface area contributed by atoms with E-state index < -0.39 is 56.5 Å². The van der Waals surface area contributed by atoms with Gasteiger partial charge in [0.15, 0.2) is 11.6 Å². The number of benzene rings is 3. The molecule has 0 aromatic heterocycles. The molecule has 3 rings (SSSR count). The van der Waals surface area contributed by atoms with Gasteiger partial charge in [-0.05, 0) is 48.5 Å². The highest BCUT2D eigenvalue weighted by molar-refractivity contribution is 7.86. The summed E-state index contributed by atoms with van der Waals surface area (Å²) in [6.45, 7) is 0. The summed E-state index contributed by atoms with van der Waals surface area (Å²) in [4.78, 5) is 48.4. The normalized spacial score (nSPS) is 11.4. The van der Waals surface area contributed by atoms with E-state index in [-0.39, 0.29) is 32.3 Å². The molecule has 0 saturated heterocycles. The molecule has 0 heterocycles. The lowest BCUT2D eigenvalue weighted by atomic mass is 10.0. The molecule has 4 N–H and O–H groups in total. The topological polar surface area (TPSA) is 201 Å². The van der Waals surface area contributed by atoms with E-state index in [0.717, 1.165) is 24.3 Å². The van der Waals surface area contributed by atoms with E-state index in [9.17, 15) is 36.0 Å². The second kappa shape index (κ2) is 11.4. The Morgan fingerprint density at radius 1 is 0.526 bits per heavy atom. The van der Waals surface area contributed by atoms with Gasteiger partial charge >= 0.3 is 0 Å². The van der Waals surface area contributed by atoms with Gasteiger partial charge in [-0.15, -0.1) is 0 Å². The molecule has 3 aromatic rings. The maximum atomic E-state index is 12.4. The van der Waals surface area contributed by atoms with Gasteiger partial charge in [-0.2, -0.15) is 16.8 Å². The standard InChI is InChI=1S/C24H20N2O10S2/c27-21(13-23(29)25-17-5-9-19(10-6-17)37(31,32)33)15-1-2-16(4-3-15)22(28)14-24(30)26-18-7-11-20(12-8-18)38(34,35)36/h1-12H,13-14H2,(H,25,29)(H,26,30)(H,31,32,33)(H,34,35,36). The number of anilines is 2. The molecule has 0 spiro atoms. The van der Waals surface area contributed by atoms with E-state index in [2.05, 4.69) is 10.6 Å². The Balaban J connectivity index is 1.53. The number of amides is 2. The van der Waals surface area contributed by atoms with Crippen LogP contribution >= 0.6 is 0 Å². The Bertz CT molecular complexity index is 1470. The first-order chi connectivity index (χ1) is 17.7. The van der Waals surface area contributed by atoms with Crippen molar-refractivity contribution in [1.82, 2.24) is 0 Å². The van der Waals surface area contributed by atoms with Crippen molar-refractivity contribution in [3.63, 3.8) is 0 Å². The fourth-order valence-electron chi connectivity index (χ4n) is 3.17. The van der Waals surface area contributed by atoms with E-state index in [4.69, 9.17) is 9.11 Å². The molecule has 198 valence electrons. The fraction of sp³-hybridized carbons (Fsp3) is 0.0833. The maximum absolute atomic E-state index is 12.4. The van der Waals surface area contributed by atoms with Crippen LogP contribution in [0.3, 0.4) is 0 Å². The van der Waals surface area contributed by atoms with Gasteiger partial charge in [0, 0.05) is 22.5 Å². The summed E-state index contributed by atoms with van der Waals surface area (Å²) in [6, 6.07) is 14.6. The molecule has 0 fully saturated rings. The van der Waals surface area contributed by atoms with Crippen molar-refractivity contribution in [2.24, 2.45) is 0 Å². The number of carbonyl (C=O) groups excluding carboxylic acids is 4. The molecule has 0 aliphatic carbocycles. The summed E-state index contributed by atoms with van der Waals surface area (Å²) in [7, 11) is -8.76. The summed E-state index contributed by atoms with van der Waals surface area (Å²) in [5.74, 6) is -2.45. The van der Waals surface area contributed by atoms with E-state index in [1.807, 2.05) is 0 Å². The van der Waals surface area contributed by atoms with Crippen molar-refractivity contribution in [3.05, 3.63) is 83.9 Å². The zero-order valence-corrected chi connectivity index (χ0v) is 21.0. The van der Waals surface area contributed by atoms with Gasteiger partial charge in [-0.1, -0.05) is 24.3 Å². The molecule has 0 atom stereocenters. The Morgan fingerprint density at radius 2 is 0.816 bits per heavy atom. The zero-order chi connectivity index (χ0) is 28.1. The number of rotatable bonds is 10. The van der Waals surface area contributed by atoms with Crippen LogP contribution in [-0.4, -0.2) is 49.3 Å². The van der Waals surface area contributed by atoms with Crippen LogP contribution in [0, 0.1) is 0 Å². The van der Waals surface area contributed by atoms with Crippen molar-refractivity contribution in [2.45, 2.75) is 22.6 Å². The van der Waals surface area contributed by atoms with E-state index in [1.54, 1.807) is 0 Å². The Kier molecular flexibility index (Phi) is 8.53. The minimum atomic E-state index is -4.38. The van der Waals surface area contributed by atoms with Gasteiger partial charge in [0.2, 0.25) is 11.8 Å². The minimum absolute atomic E-state index is 0.141. The Morgan fingerprint density at radius 3 is 1.08 bits per heavy atom. The molecule has 0 aliphatic rings. The molecule has 0 radical (unpaired) electrons. The molecule has 38 heavy (non-hydrogen) atoms. The first kappa shape index (κ1) is 28.3. The van der Waals surface area contributed by atoms with Crippen molar-refractivity contribution in [2.75, 3.05) is 10.6 Å². The molecule has 12 nitrogen and oxygen atoms in total. The molecule has 0 aliphatic heterocycles. The van der Waals surface area contributed by atoms with Gasteiger partial charge < -0.3 is 10.6 Å². The third kappa shape index (κ3) is 7.88. The second-order valence-electron chi connectivity index (χ2n) is 7.87. The highest BCUT2D eigenvalue weighted by atomic mass is 32.2. The molecule has 3 aromatic carbocycles. The van der Waals surface area contributed by atoms with Crippen LogP contribution in [0.4, 0.5) is 11.4 Å². The van der Waals surface area contributed by atoms with Crippen LogP contribution < -0.4 is 10.6 Å². The quantitative estimate of drug-likeness (QED) is 0.162. The lowest BCUT2D eigenvalue weighted by Gasteiger charge is -2.07. The lowest BCUT2D eigenvalue weighted by Crippen LogP contribution is -2.17. The first-order valence-electron chi connectivity index (χ1n) is 10.6. The molecule has 0 unspecified atom stereocenters.